The smallest absolute Gasteiger partial charge is 0.351 e. The molecule has 7 nitrogen and oxygen atoms in total. The van der Waals surface area contributed by atoms with Gasteiger partial charge in [0.25, 0.3) is 5.92 Å². The molecule has 0 spiro atoms. The van der Waals surface area contributed by atoms with Crippen molar-refractivity contribution in [1.82, 2.24) is 9.55 Å². The van der Waals surface area contributed by atoms with Crippen molar-refractivity contribution in [2.45, 2.75) is 31.6 Å². The monoisotopic (exact) mass is 315 g/mol. The summed E-state index contributed by atoms with van der Waals surface area (Å²) in [5.74, 6) is -3.84. The average Bonchev–Trinajstić information content (AvgIpc) is 2.74. The first-order valence-corrected chi connectivity index (χ1v) is 6.54. The molecule has 0 bridgehead atoms. The Kier molecular flexibility index (Phi) is 4.67. The highest BCUT2D eigenvalue weighted by Gasteiger charge is 2.51. The number of amides is 1. The van der Waals surface area contributed by atoms with Gasteiger partial charge >= 0.3 is 5.69 Å². The summed E-state index contributed by atoms with van der Waals surface area (Å²) in [5, 5.41) is 11.2. The molecular weight excluding hydrogens is 300 g/mol. The summed E-state index contributed by atoms with van der Waals surface area (Å²) in [5.41, 5.74) is -0.985. The summed E-state index contributed by atoms with van der Waals surface area (Å²) < 4.78 is 33.3. The molecule has 0 saturated carbocycles. The van der Waals surface area contributed by atoms with Gasteiger partial charge in [0.1, 0.15) is 5.82 Å². The lowest BCUT2D eigenvalue weighted by molar-refractivity contribution is -0.120. The van der Waals surface area contributed by atoms with Crippen molar-refractivity contribution in [1.29, 1.82) is 0 Å². The first-order chi connectivity index (χ1) is 10.4. The normalized spacial score (nSPS) is 23.8. The quantitative estimate of drug-likeness (QED) is 0.797. The molecule has 22 heavy (non-hydrogen) atoms. The molecule has 9 heteroatoms. The highest BCUT2D eigenvalue weighted by atomic mass is 19.3. The molecule has 0 aliphatic carbocycles. The fourth-order valence-electron chi connectivity index (χ4n) is 2.09. The highest BCUT2D eigenvalue weighted by molar-refractivity contribution is 5.98. The van der Waals surface area contributed by atoms with E-state index in [4.69, 9.17) is 9.84 Å². The number of hydrogen-bond donors (Lipinski definition) is 2. The topological polar surface area (TPSA) is 93.5 Å². The van der Waals surface area contributed by atoms with Crippen LogP contribution in [-0.2, 0) is 9.53 Å². The number of aliphatic hydroxyl groups excluding tert-OH is 1. The van der Waals surface area contributed by atoms with Gasteiger partial charge in [0.2, 0.25) is 12.1 Å². The van der Waals surface area contributed by atoms with E-state index in [9.17, 15) is 18.4 Å². The summed E-state index contributed by atoms with van der Waals surface area (Å²) in [6.45, 7) is 1.08. The SMILES string of the molecule is CC=CC(=O)Nc1ccn(C2OC(CO)CC2(F)F)c(=O)n1. The number of aromatic nitrogens is 2. The number of carbonyl (C=O) groups is 1. The second-order valence-electron chi connectivity index (χ2n) is 4.75. The molecule has 1 aromatic rings. The second-order valence-corrected chi connectivity index (χ2v) is 4.75. The Bertz CT molecular complexity index is 644. The van der Waals surface area contributed by atoms with Crippen LogP contribution in [0.4, 0.5) is 14.6 Å². The zero-order chi connectivity index (χ0) is 16.3. The van der Waals surface area contributed by atoms with Crippen LogP contribution in [0.25, 0.3) is 0 Å². The fraction of sp³-hybridized carbons (Fsp3) is 0.462. The molecule has 1 saturated heterocycles. The molecule has 1 aromatic heterocycles. The minimum Gasteiger partial charge on any atom is -0.394 e. The van der Waals surface area contributed by atoms with Crippen LogP contribution in [0.3, 0.4) is 0 Å². The summed E-state index contributed by atoms with van der Waals surface area (Å²) in [6, 6.07) is 1.22. The molecule has 1 amide bonds. The third kappa shape index (κ3) is 3.37. The Labute approximate surface area is 124 Å². The Morgan fingerprint density at radius 3 is 2.95 bits per heavy atom. The van der Waals surface area contributed by atoms with Crippen LogP contribution in [0.5, 0.6) is 0 Å². The maximum Gasteiger partial charge on any atom is 0.351 e. The van der Waals surface area contributed by atoms with Gasteiger partial charge < -0.3 is 15.2 Å². The van der Waals surface area contributed by atoms with Gasteiger partial charge in [-0.15, -0.1) is 0 Å². The van der Waals surface area contributed by atoms with Gasteiger partial charge in [0, 0.05) is 12.6 Å². The van der Waals surface area contributed by atoms with E-state index in [0.29, 0.717) is 4.57 Å². The van der Waals surface area contributed by atoms with Crippen LogP contribution in [0, 0.1) is 0 Å². The number of nitrogens with one attached hydrogen (secondary N) is 1. The molecule has 0 radical (unpaired) electrons. The van der Waals surface area contributed by atoms with Crippen molar-refractivity contribution in [3.8, 4) is 0 Å². The molecule has 2 unspecified atom stereocenters. The molecule has 1 aliphatic rings. The van der Waals surface area contributed by atoms with Gasteiger partial charge in [-0.25, -0.2) is 13.6 Å². The largest absolute Gasteiger partial charge is 0.394 e. The van der Waals surface area contributed by atoms with Crippen molar-refractivity contribution in [2.24, 2.45) is 0 Å². The lowest BCUT2D eigenvalue weighted by Gasteiger charge is -2.19. The third-order valence-electron chi connectivity index (χ3n) is 3.04. The second kappa shape index (κ2) is 6.32. The van der Waals surface area contributed by atoms with Crippen LogP contribution in [0.15, 0.2) is 29.2 Å². The predicted molar refractivity (Wildman–Crippen MR) is 72.5 cm³/mol. The van der Waals surface area contributed by atoms with E-state index < -0.39 is 42.9 Å². The highest BCUT2D eigenvalue weighted by Crippen LogP contribution is 2.41. The van der Waals surface area contributed by atoms with E-state index in [1.165, 1.54) is 18.2 Å². The minimum absolute atomic E-state index is 0.0515. The molecule has 2 heterocycles. The van der Waals surface area contributed by atoms with Gasteiger partial charge in [-0.3, -0.25) is 9.36 Å². The standard InChI is InChI=1S/C13H15F2N3O4/c1-2-3-10(20)16-9-4-5-18(12(21)17-9)11-13(14,15)6-8(7-19)22-11/h2-5,8,11,19H,6-7H2,1H3,(H,16,17,20,21). The first-order valence-electron chi connectivity index (χ1n) is 6.54. The van der Waals surface area contributed by atoms with Crippen LogP contribution in [0.2, 0.25) is 0 Å². The number of aliphatic hydroxyl groups is 1. The number of anilines is 1. The molecule has 2 atom stereocenters. The molecule has 2 N–H and O–H groups in total. The average molecular weight is 315 g/mol. The Morgan fingerprint density at radius 1 is 1.68 bits per heavy atom. The minimum atomic E-state index is -3.30. The summed E-state index contributed by atoms with van der Waals surface area (Å²) in [7, 11) is 0. The van der Waals surface area contributed by atoms with E-state index in [1.807, 2.05) is 0 Å². The molecule has 1 fully saturated rings. The van der Waals surface area contributed by atoms with Gasteiger partial charge in [-0.1, -0.05) is 6.08 Å². The molecule has 2 rings (SSSR count). The molecule has 120 valence electrons. The maximum absolute atomic E-state index is 13.8. The van der Waals surface area contributed by atoms with Crippen molar-refractivity contribution in [2.75, 3.05) is 11.9 Å². The van der Waals surface area contributed by atoms with Crippen molar-refractivity contribution >= 4 is 11.7 Å². The number of hydrogen-bond acceptors (Lipinski definition) is 5. The number of nitrogens with zero attached hydrogens (tertiary/aromatic N) is 2. The van der Waals surface area contributed by atoms with Crippen molar-refractivity contribution < 1.29 is 23.4 Å². The lowest BCUT2D eigenvalue weighted by atomic mass is 10.2. The first kappa shape index (κ1) is 16.2. The van der Waals surface area contributed by atoms with Gasteiger partial charge in [0.05, 0.1) is 12.7 Å². The Morgan fingerprint density at radius 2 is 2.41 bits per heavy atom. The zero-order valence-electron chi connectivity index (χ0n) is 11.7. The summed E-state index contributed by atoms with van der Waals surface area (Å²) >= 11 is 0. The predicted octanol–water partition coefficient (Wildman–Crippen LogP) is 0.673. The van der Waals surface area contributed by atoms with Crippen LogP contribution in [-0.4, -0.2) is 39.2 Å². The number of ether oxygens (including phenoxy) is 1. The lowest BCUT2D eigenvalue weighted by Crippen LogP contribution is -2.35. The zero-order valence-corrected chi connectivity index (χ0v) is 11.7. The van der Waals surface area contributed by atoms with Crippen LogP contribution < -0.4 is 11.0 Å². The van der Waals surface area contributed by atoms with Gasteiger partial charge in [-0.05, 0) is 19.1 Å². The Hall–Kier alpha value is -2.13. The fourth-order valence-corrected chi connectivity index (χ4v) is 2.09. The van der Waals surface area contributed by atoms with E-state index in [0.717, 1.165) is 6.20 Å². The van der Waals surface area contributed by atoms with Crippen LogP contribution in [0.1, 0.15) is 19.6 Å². The number of alkyl halides is 2. The van der Waals surface area contributed by atoms with E-state index >= 15 is 0 Å². The molecule has 0 aromatic carbocycles. The molecule has 1 aliphatic heterocycles. The van der Waals surface area contributed by atoms with E-state index in [2.05, 4.69) is 10.3 Å². The molecular formula is C13H15F2N3O4. The number of carbonyl (C=O) groups excluding carboxylic acids is 1. The van der Waals surface area contributed by atoms with E-state index in [1.54, 1.807) is 6.92 Å². The maximum atomic E-state index is 13.8. The third-order valence-corrected chi connectivity index (χ3v) is 3.04. The van der Waals surface area contributed by atoms with Gasteiger partial charge in [-0.2, -0.15) is 4.98 Å². The van der Waals surface area contributed by atoms with Crippen LogP contribution >= 0.6 is 0 Å². The van der Waals surface area contributed by atoms with Crippen molar-refractivity contribution in [3.05, 3.63) is 34.9 Å². The van der Waals surface area contributed by atoms with E-state index in [-0.39, 0.29) is 5.82 Å². The summed E-state index contributed by atoms with van der Waals surface area (Å²) in [4.78, 5) is 26.7. The number of rotatable bonds is 4. The number of allylic oxidation sites excluding steroid dienone is 1. The Balaban J connectivity index is 2.23. The number of halogens is 2. The van der Waals surface area contributed by atoms with Crippen molar-refractivity contribution in [3.63, 3.8) is 0 Å². The summed E-state index contributed by atoms with van der Waals surface area (Å²) in [6.07, 6.45) is 0.247. The van der Waals surface area contributed by atoms with Gasteiger partial charge in [0.15, 0.2) is 0 Å².